The zero-order valence-corrected chi connectivity index (χ0v) is 30.8. The fourth-order valence-electron chi connectivity index (χ4n) is 8.87. The molecule has 0 aliphatic heterocycles. The molecule has 0 saturated carbocycles. The molecule has 0 saturated heterocycles. The van der Waals surface area contributed by atoms with E-state index in [1.54, 1.807) is 0 Å². The molecule has 0 fully saturated rings. The van der Waals surface area contributed by atoms with Gasteiger partial charge in [0.1, 0.15) is 5.52 Å². The van der Waals surface area contributed by atoms with E-state index in [-0.39, 0.29) is 0 Å². The molecule has 0 N–H and O–H groups in total. The molecule has 12 rings (SSSR count). The first-order chi connectivity index (χ1) is 28.3. The Morgan fingerprint density at radius 1 is 0.509 bits per heavy atom. The third kappa shape index (κ3) is 4.87. The van der Waals surface area contributed by atoms with Gasteiger partial charge >= 0.3 is 0 Å². The summed E-state index contributed by atoms with van der Waals surface area (Å²) in [4.78, 5) is 15.6. The molecule has 1 aliphatic rings. The van der Waals surface area contributed by atoms with Crippen LogP contribution < -0.4 is 0 Å². The van der Waals surface area contributed by atoms with Crippen molar-refractivity contribution in [3.8, 4) is 34.2 Å². The molecule has 4 heterocycles. The molecule has 6 heteroatoms. The first-order valence-corrected chi connectivity index (χ1v) is 19.4. The highest BCUT2D eigenvalue weighted by molar-refractivity contribution is 6.19. The minimum atomic E-state index is 0.610. The van der Waals surface area contributed by atoms with Crippen LogP contribution in [0.25, 0.3) is 105 Å². The summed E-state index contributed by atoms with van der Waals surface area (Å²) in [7, 11) is 0. The molecular weight excluding hydrogens is 699 g/mol. The lowest BCUT2D eigenvalue weighted by atomic mass is 9.99. The van der Waals surface area contributed by atoms with Gasteiger partial charge in [-0.15, -0.1) is 0 Å². The molecule has 0 unspecified atom stereocenters. The highest BCUT2D eigenvalue weighted by atomic mass is 16.3. The third-order valence-corrected chi connectivity index (χ3v) is 11.4. The van der Waals surface area contributed by atoms with Gasteiger partial charge in [-0.3, -0.25) is 4.57 Å². The predicted molar refractivity (Wildman–Crippen MR) is 233 cm³/mol. The first kappa shape index (κ1) is 31.7. The van der Waals surface area contributed by atoms with Gasteiger partial charge in [0.15, 0.2) is 5.58 Å². The van der Waals surface area contributed by atoms with Gasteiger partial charge in [0, 0.05) is 43.7 Å². The fraction of sp³-hybridized carbons (Fsp3) is 0.0392. The first-order valence-electron chi connectivity index (χ1n) is 19.4. The number of hydrogen-bond acceptors (Lipinski definition) is 4. The average Bonchev–Trinajstić information content (AvgIpc) is 3.97. The van der Waals surface area contributed by atoms with Crippen molar-refractivity contribution in [3.63, 3.8) is 0 Å². The standard InChI is InChI=1S/C51H33N5O/c1-4-15-32(16-5-1)46-40-22-10-12-25-42(40)53-51(54-46)56-44-26-13-11-21-37(44)38-24-14-23-36(47(38)56)34-27-30-45-41(31-34)39-28-29-43-49(48(39)55(45)35-19-8-3-9-20-35)57-50(52-43)33-17-6-2-7-18-33/h1-4,6-15,17-31H,5,16H2. The van der Waals surface area contributed by atoms with Crippen LogP contribution in [0.2, 0.25) is 0 Å². The summed E-state index contributed by atoms with van der Waals surface area (Å²) in [6, 6.07) is 55.3. The van der Waals surface area contributed by atoms with E-state index in [4.69, 9.17) is 19.4 Å². The van der Waals surface area contributed by atoms with E-state index in [0.29, 0.717) is 11.8 Å². The van der Waals surface area contributed by atoms with E-state index >= 15 is 0 Å². The third-order valence-electron chi connectivity index (χ3n) is 11.4. The lowest BCUT2D eigenvalue weighted by molar-refractivity contribution is 0.622. The maximum absolute atomic E-state index is 6.66. The lowest BCUT2D eigenvalue weighted by Gasteiger charge is -2.15. The van der Waals surface area contributed by atoms with Crippen LogP contribution in [0.3, 0.4) is 0 Å². The summed E-state index contributed by atoms with van der Waals surface area (Å²) in [6.07, 6.45) is 8.51. The normalized spacial score (nSPS) is 13.2. The van der Waals surface area contributed by atoms with Crippen LogP contribution in [0.4, 0.5) is 0 Å². The molecule has 1 aliphatic carbocycles. The number of allylic oxidation sites excluding steroid dienone is 4. The fourth-order valence-corrected chi connectivity index (χ4v) is 8.87. The number of benzene rings is 7. The maximum Gasteiger partial charge on any atom is 0.235 e. The van der Waals surface area contributed by atoms with Crippen molar-refractivity contribution in [2.75, 3.05) is 0 Å². The summed E-state index contributed by atoms with van der Waals surface area (Å²) in [5.41, 5.74) is 13.2. The second-order valence-electron chi connectivity index (χ2n) is 14.7. The molecule has 268 valence electrons. The van der Waals surface area contributed by atoms with Crippen LogP contribution in [-0.4, -0.2) is 24.1 Å². The van der Waals surface area contributed by atoms with Crippen LogP contribution >= 0.6 is 0 Å². The van der Waals surface area contributed by atoms with Crippen molar-refractivity contribution >= 4 is 71.2 Å². The molecule has 7 aromatic carbocycles. The Morgan fingerprint density at radius 3 is 2.12 bits per heavy atom. The monoisotopic (exact) mass is 731 g/mol. The van der Waals surface area contributed by atoms with Crippen LogP contribution in [0.15, 0.2) is 180 Å². The number of rotatable bonds is 5. The van der Waals surface area contributed by atoms with E-state index in [9.17, 15) is 0 Å². The molecule has 0 radical (unpaired) electrons. The minimum absolute atomic E-state index is 0.610. The SMILES string of the molecule is C1=CCCC(c2nc(-n3c4ccccc4c4cccc(-c5ccc6c(c5)c5ccc7nc(-c8ccccc8)oc7c5n6-c5ccccc5)c43)nc3ccccc23)=C1. The second-order valence-corrected chi connectivity index (χ2v) is 14.7. The highest BCUT2D eigenvalue weighted by Crippen LogP contribution is 2.43. The molecule has 4 aromatic heterocycles. The number of para-hydroxylation sites is 4. The quantitative estimate of drug-likeness (QED) is 0.177. The zero-order chi connectivity index (χ0) is 37.5. The Kier molecular flexibility index (Phi) is 6.95. The summed E-state index contributed by atoms with van der Waals surface area (Å²) >= 11 is 0. The van der Waals surface area contributed by atoms with Gasteiger partial charge < -0.3 is 8.98 Å². The van der Waals surface area contributed by atoms with Crippen molar-refractivity contribution in [1.82, 2.24) is 24.1 Å². The number of aromatic nitrogens is 5. The van der Waals surface area contributed by atoms with Crippen LogP contribution in [0, 0.1) is 0 Å². The lowest BCUT2D eigenvalue weighted by Crippen LogP contribution is -2.06. The van der Waals surface area contributed by atoms with Crippen molar-refractivity contribution in [1.29, 1.82) is 0 Å². The predicted octanol–water partition coefficient (Wildman–Crippen LogP) is 13.0. The number of oxazole rings is 1. The van der Waals surface area contributed by atoms with Gasteiger partial charge in [0.25, 0.3) is 0 Å². The van der Waals surface area contributed by atoms with Crippen LogP contribution in [0.1, 0.15) is 18.5 Å². The Hall–Kier alpha value is -7.57. The van der Waals surface area contributed by atoms with Gasteiger partial charge in [-0.1, -0.05) is 115 Å². The van der Waals surface area contributed by atoms with Gasteiger partial charge in [0.05, 0.1) is 33.3 Å². The largest absolute Gasteiger partial charge is 0.434 e. The van der Waals surface area contributed by atoms with Crippen LogP contribution in [-0.2, 0) is 0 Å². The Morgan fingerprint density at radius 2 is 1.26 bits per heavy atom. The van der Waals surface area contributed by atoms with E-state index in [1.165, 1.54) is 5.57 Å². The molecule has 0 atom stereocenters. The Balaban J connectivity index is 1.14. The van der Waals surface area contributed by atoms with E-state index in [1.807, 2.05) is 30.3 Å². The molecular formula is C51H33N5O. The van der Waals surface area contributed by atoms with Gasteiger partial charge in [0.2, 0.25) is 11.8 Å². The molecule has 57 heavy (non-hydrogen) atoms. The molecule has 6 nitrogen and oxygen atoms in total. The highest BCUT2D eigenvalue weighted by Gasteiger charge is 2.23. The summed E-state index contributed by atoms with van der Waals surface area (Å²) in [5.74, 6) is 1.28. The summed E-state index contributed by atoms with van der Waals surface area (Å²) in [6.45, 7) is 0. The van der Waals surface area contributed by atoms with E-state index < -0.39 is 0 Å². The maximum atomic E-state index is 6.66. The zero-order valence-electron chi connectivity index (χ0n) is 30.8. The van der Waals surface area contributed by atoms with Gasteiger partial charge in [-0.25, -0.2) is 15.0 Å². The smallest absolute Gasteiger partial charge is 0.235 e. The van der Waals surface area contributed by atoms with E-state index in [0.717, 1.165) is 107 Å². The number of nitrogens with zero attached hydrogens (tertiary/aromatic N) is 5. The number of fused-ring (bicyclic) bond motifs is 9. The summed E-state index contributed by atoms with van der Waals surface area (Å²) < 4.78 is 11.2. The van der Waals surface area contributed by atoms with Crippen molar-refractivity contribution in [2.45, 2.75) is 12.8 Å². The summed E-state index contributed by atoms with van der Waals surface area (Å²) in [5, 5.41) is 5.62. The van der Waals surface area contributed by atoms with Crippen molar-refractivity contribution < 1.29 is 4.42 Å². The average molecular weight is 732 g/mol. The molecule has 0 amide bonds. The van der Waals surface area contributed by atoms with E-state index in [2.05, 4.69) is 155 Å². The van der Waals surface area contributed by atoms with Crippen LogP contribution in [0.5, 0.6) is 0 Å². The molecule has 0 spiro atoms. The van der Waals surface area contributed by atoms with Crippen molar-refractivity contribution in [3.05, 3.63) is 182 Å². The molecule has 0 bridgehead atoms. The minimum Gasteiger partial charge on any atom is -0.434 e. The number of hydrogen-bond donors (Lipinski definition) is 0. The molecule has 11 aromatic rings. The van der Waals surface area contributed by atoms with Crippen molar-refractivity contribution in [2.24, 2.45) is 0 Å². The van der Waals surface area contributed by atoms with Gasteiger partial charge in [-0.2, -0.15) is 0 Å². The Labute approximate surface area is 327 Å². The topological polar surface area (TPSA) is 61.7 Å². The Bertz CT molecular complexity index is 3460. The second kappa shape index (κ2) is 12.5. The van der Waals surface area contributed by atoms with Gasteiger partial charge in [-0.05, 0) is 84.6 Å².